The number of benzene rings is 3. The van der Waals surface area contributed by atoms with Crippen LogP contribution in [0.4, 0.5) is 25.2 Å². The number of nitrogens with one attached hydrogen (secondary N) is 1. The van der Waals surface area contributed by atoms with Gasteiger partial charge in [-0.05, 0) is 36.2 Å². The van der Waals surface area contributed by atoms with Crippen LogP contribution in [-0.4, -0.2) is 56.2 Å². The summed E-state index contributed by atoms with van der Waals surface area (Å²) in [5.74, 6) is 0.410. The van der Waals surface area contributed by atoms with Crippen LogP contribution < -0.4 is 15.8 Å². The number of carbonyl (C=O) groups excluding carboxylic acids is 1. The van der Waals surface area contributed by atoms with E-state index < -0.39 is 24.1 Å². The molecule has 44 heavy (non-hydrogen) atoms. The van der Waals surface area contributed by atoms with Gasteiger partial charge in [-0.15, -0.1) is 0 Å². The molecule has 1 amide bonds. The first-order valence-corrected chi connectivity index (χ1v) is 14.0. The van der Waals surface area contributed by atoms with Crippen molar-refractivity contribution >= 4 is 28.5 Å². The number of nitrogens with two attached hydrogens (primary N) is 1. The van der Waals surface area contributed by atoms with Crippen molar-refractivity contribution in [3.63, 3.8) is 0 Å². The number of likely N-dealkylation sites (tertiary alicyclic amines) is 1. The summed E-state index contributed by atoms with van der Waals surface area (Å²) in [6.07, 6.45) is 2.80. The average Bonchev–Trinajstić information content (AvgIpc) is 3.03. The van der Waals surface area contributed by atoms with Crippen LogP contribution in [-0.2, 0) is 11.3 Å². The van der Waals surface area contributed by atoms with Crippen LogP contribution in [0.1, 0.15) is 17.5 Å². The summed E-state index contributed by atoms with van der Waals surface area (Å²) in [4.78, 5) is 31.5. The molecule has 0 unspecified atom stereocenters. The number of carbonyl (C=O) groups is 1. The van der Waals surface area contributed by atoms with Crippen LogP contribution in [0.3, 0.4) is 0 Å². The van der Waals surface area contributed by atoms with Crippen LogP contribution in [0.25, 0.3) is 22.0 Å². The van der Waals surface area contributed by atoms with Gasteiger partial charge in [0.05, 0.1) is 23.5 Å². The third-order valence-corrected chi connectivity index (χ3v) is 7.34. The number of fused-ring (bicyclic) bond motifs is 1. The number of anilines is 2. The van der Waals surface area contributed by atoms with E-state index in [2.05, 4.69) is 25.3 Å². The molecule has 1 aliphatic heterocycles. The number of nitrogens with zero attached hydrogens (tertiary/aromatic N) is 5. The minimum atomic E-state index is -1.25. The van der Waals surface area contributed by atoms with Gasteiger partial charge in [0.1, 0.15) is 30.7 Å². The summed E-state index contributed by atoms with van der Waals surface area (Å²) in [5, 5.41) is 4.30. The molecule has 5 aromatic rings. The van der Waals surface area contributed by atoms with Crippen molar-refractivity contribution in [3.8, 4) is 22.9 Å². The Kier molecular flexibility index (Phi) is 8.13. The Morgan fingerprint density at radius 1 is 1.07 bits per heavy atom. The summed E-state index contributed by atoms with van der Waals surface area (Å²) in [5.41, 5.74) is 8.58. The van der Waals surface area contributed by atoms with Gasteiger partial charge < -0.3 is 25.4 Å². The van der Waals surface area contributed by atoms with Crippen LogP contribution in [0.15, 0.2) is 79.4 Å². The van der Waals surface area contributed by atoms with Crippen molar-refractivity contribution < 1.29 is 23.0 Å². The van der Waals surface area contributed by atoms with Crippen molar-refractivity contribution in [2.45, 2.75) is 32.2 Å². The van der Waals surface area contributed by atoms with Crippen LogP contribution >= 0.6 is 0 Å². The molecule has 3 N–H and O–H groups in total. The molecule has 0 aliphatic carbocycles. The first-order valence-electron chi connectivity index (χ1n) is 14.0. The van der Waals surface area contributed by atoms with Crippen molar-refractivity contribution in [2.24, 2.45) is 0 Å². The van der Waals surface area contributed by atoms with E-state index in [4.69, 9.17) is 15.2 Å². The second-order valence-corrected chi connectivity index (χ2v) is 10.5. The number of ether oxygens (including phenoxy) is 2. The highest BCUT2D eigenvalue weighted by Gasteiger charge is 2.31. The topological polar surface area (TPSA) is 128 Å². The summed E-state index contributed by atoms with van der Waals surface area (Å²) in [7, 11) is 0. The van der Waals surface area contributed by atoms with Gasteiger partial charge >= 0.3 is 6.09 Å². The summed E-state index contributed by atoms with van der Waals surface area (Å²) in [6.45, 7) is 2.13. The number of aromatic nitrogens is 4. The molecule has 0 radical (unpaired) electrons. The number of hydrogen-bond acceptors (Lipinski definition) is 9. The number of aryl methyl sites for hydroxylation is 1. The lowest BCUT2D eigenvalue weighted by molar-refractivity contribution is 0.0685. The average molecular weight is 598 g/mol. The van der Waals surface area contributed by atoms with Gasteiger partial charge in [0.2, 0.25) is 11.8 Å². The summed E-state index contributed by atoms with van der Waals surface area (Å²) < 4.78 is 40.5. The second kappa shape index (κ2) is 12.5. The lowest BCUT2D eigenvalue weighted by Gasteiger charge is -2.34. The molecule has 1 saturated heterocycles. The Hall–Kier alpha value is -5.39. The molecule has 1 fully saturated rings. The molecule has 6 rings (SSSR count). The Balaban J connectivity index is 1.20. The maximum absolute atomic E-state index is 14.7. The minimum absolute atomic E-state index is 0.0306. The van der Waals surface area contributed by atoms with Gasteiger partial charge in [0.25, 0.3) is 0 Å². The molecule has 3 aromatic carbocycles. The van der Waals surface area contributed by atoms with Crippen molar-refractivity contribution in [1.82, 2.24) is 24.8 Å². The fourth-order valence-electron chi connectivity index (χ4n) is 5.15. The van der Waals surface area contributed by atoms with Crippen LogP contribution in [0.2, 0.25) is 0 Å². The van der Waals surface area contributed by atoms with E-state index >= 15 is 0 Å². The largest absolute Gasteiger partial charge is 0.445 e. The quantitative estimate of drug-likeness (QED) is 0.215. The van der Waals surface area contributed by atoms with Crippen molar-refractivity contribution in [3.05, 3.63) is 96.3 Å². The molecular weight excluding hydrogens is 568 g/mol. The zero-order chi connectivity index (χ0) is 30.6. The van der Waals surface area contributed by atoms with E-state index in [0.29, 0.717) is 27.8 Å². The predicted molar refractivity (Wildman–Crippen MR) is 161 cm³/mol. The molecule has 3 heterocycles. The van der Waals surface area contributed by atoms with Gasteiger partial charge in [0, 0.05) is 42.2 Å². The Morgan fingerprint density at radius 3 is 2.73 bits per heavy atom. The highest BCUT2D eigenvalue weighted by molar-refractivity contribution is 5.98. The standard InChI is InChI=1S/C32H29F2N7O3/c1-19-7-8-23-24(9-10-26(34)28(23)35)29(19)44-30-25(14-36-18-38-30)27-11-12-37-31(40-27)39-22-13-21(33)15-41(16-22)32(42)43-17-20-5-3-2-4-6-20/h2-12,14,18,21-22H,13,15-17,35H2,1H3,(H,37,39,40)/t21-,22-/m0/s1. The first kappa shape index (κ1) is 28.7. The lowest BCUT2D eigenvalue weighted by atomic mass is 10.0. The normalized spacial score (nSPS) is 16.5. The third kappa shape index (κ3) is 6.19. The Labute approximate surface area is 251 Å². The predicted octanol–water partition coefficient (Wildman–Crippen LogP) is 6.07. The third-order valence-electron chi connectivity index (χ3n) is 7.34. The molecule has 0 bridgehead atoms. The number of halogens is 2. The molecule has 1 aliphatic rings. The fourth-order valence-corrected chi connectivity index (χ4v) is 5.15. The van der Waals surface area contributed by atoms with E-state index in [0.717, 1.165) is 11.1 Å². The van der Waals surface area contributed by atoms with Gasteiger partial charge in [-0.25, -0.2) is 33.5 Å². The van der Waals surface area contributed by atoms with Crippen LogP contribution in [0.5, 0.6) is 11.6 Å². The monoisotopic (exact) mass is 597 g/mol. The Bertz CT molecular complexity index is 1810. The molecule has 2 atom stereocenters. The maximum Gasteiger partial charge on any atom is 0.410 e. The zero-order valence-electron chi connectivity index (χ0n) is 23.8. The molecule has 10 nitrogen and oxygen atoms in total. The number of amides is 1. The fraction of sp³-hybridized carbons (Fsp3) is 0.219. The van der Waals surface area contributed by atoms with E-state index in [-0.39, 0.29) is 43.6 Å². The second-order valence-electron chi connectivity index (χ2n) is 10.5. The maximum atomic E-state index is 14.7. The zero-order valence-corrected chi connectivity index (χ0v) is 23.8. The number of alkyl halides is 1. The van der Waals surface area contributed by atoms with Crippen molar-refractivity contribution in [1.29, 1.82) is 0 Å². The van der Waals surface area contributed by atoms with Gasteiger partial charge in [0.15, 0.2) is 0 Å². The van der Waals surface area contributed by atoms with Crippen molar-refractivity contribution in [2.75, 3.05) is 24.1 Å². The summed E-state index contributed by atoms with van der Waals surface area (Å²) >= 11 is 0. The summed E-state index contributed by atoms with van der Waals surface area (Å²) in [6, 6.07) is 17.0. The first-order chi connectivity index (χ1) is 21.4. The SMILES string of the molecule is Cc1ccc2c(N)c(F)ccc2c1Oc1ncncc1-c1ccnc(N[C@H]2C[C@H](F)CN(C(=O)OCc3ccccc3)C2)n1. The lowest BCUT2D eigenvalue weighted by Crippen LogP contribution is -2.50. The van der Waals surface area contributed by atoms with Gasteiger partial charge in [-0.1, -0.05) is 42.5 Å². The molecule has 0 spiro atoms. The number of piperidine rings is 1. The smallest absolute Gasteiger partial charge is 0.410 e. The molecule has 0 saturated carbocycles. The molecule has 224 valence electrons. The van der Waals surface area contributed by atoms with Gasteiger partial charge in [-0.3, -0.25) is 0 Å². The van der Waals surface area contributed by atoms with E-state index in [1.807, 2.05) is 37.3 Å². The van der Waals surface area contributed by atoms with Gasteiger partial charge in [-0.2, -0.15) is 0 Å². The minimum Gasteiger partial charge on any atom is -0.445 e. The molecule has 2 aromatic heterocycles. The Morgan fingerprint density at radius 2 is 1.89 bits per heavy atom. The van der Waals surface area contributed by atoms with E-state index in [1.54, 1.807) is 36.7 Å². The molecular formula is C32H29F2N7O3. The molecule has 12 heteroatoms. The highest BCUT2D eigenvalue weighted by Crippen LogP contribution is 2.38. The van der Waals surface area contributed by atoms with Crippen LogP contribution in [0, 0.1) is 12.7 Å². The highest BCUT2D eigenvalue weighted by atomic mass is 19.1. The van der Waals surface area contributed by atoms with E-state index in [1.165, 1.54) is 17.3 Å². The number of rotatable bonds is 7. The number of hydrogen-bond donors (Lipinski definition) is 2. The van der Waals surface area contributed by atoms with E-state index in [9.17, 15) is 13.6 Å². The number of nitrogen functional groups attached to an aromatic ring is 1.